The van der Waals surface area contributed by atoms with Crippen LogP contribution in [0.25, 0.3) is 44.5 Å². The van der Waals surface area contributed by atoms with Crippen LogP contribution in [0.4, 0.5) is 0 Å². The molecule has 4 aromatic heterocycles. The van der Waals surface area contributed by atoms with Crippen molar-refractivity contribution < 1.29 is 28.1 Å². The molecule has 18 heteroatoms. The normalized spacial score (nSPS) is 13.4. The summed E-state index contributed by atoms with van der Waals surface area (Å²) in [5.74, 6) is 0.309. The van der Waals surface area contributed by atoms with Crippen LogP contribution in [0, 0.1) is 13.8 Å². The van der Waals surface area contributed by atoms with Gasteiger partial charge >= 0.3 is 0 Å². The van der Waals surface area contributed by atoms with Gasteiger partial charge in [0.05, 0.1) is 37.7 Å². The van der Waals surface area contributed by atoms with E-state index in [0.29, 0.717) is 71.8 Å². The van der Waals surface area contributed by atoms with Gasteiger partial charge in [-0.15, -0.1) is 0 Å². The Morgan fingerprint density at radius 1 is 0.652 bits per heavy atom. The Morgan fingerprint density at radius 2 is 1.06 bits per heavy atom. The van der Waals surface area contributed by atoms with Crippen molar-refractivity contribution in [2.75, 3.05) is 27.3 Å². The minimum Gasteiger partial charge on any atom is -0.496 e. The first kappa shape index (κ1) is 45.3. The average molecular weight is 932 g/mol. The number of aromatic nitrogens is 6. The van der Waals surface area contributed by atoms with Crippen LogP contribution in [-0.4, -0.2) is 73.9 Å². The Kier molecular flexibility index (Phi) is 12.8. The van der Waals surface area contributed by atoms with Crippen LogP contribution in [0.5, 0.6) is 11.5 Å². The molecule has 2 unspecified atom stereocenters. The van der Waals surface area contributed by atoms with Gasteiger partial charge in [0.2, 0.25) is 17.1 Å². The third-order valence-corrected chi connectivity index (χ3v) is 12.2. The van der Waals surface area contributed by atoms with Crippen molar-refractivity contribution in [1.29, 1.82) is 0 Å². The van der Waals surface area contributed by atoms with E-state index in [4.69, 9.17) is 52.6 Å². The van der Waals surface area contributed by atoms with E-state index in [0.717, 1.165) is 37.1 Å². The second kappa shape index (κ2) is 18.7. The average Bonchev–Trinajstić information content (AvgIpc) is 4.10. The predicted molar refractivity (Wildman–Crippen MR) is 250 cm³/mol. The lowest BCUT2D eigenvalue weighted by Gasteiger charge is -2.18. The van der Waals surface area contributed by atoms with Crippen LogP contribution in [0.3, 0.4) is 0 Å². The number of amides is 2. The summed E-state index contributed by atoms with van der Waals surface area (Å²) in [5, 5.41) is 19.2. The molecular weight excluding hydrogens is 887 g/mol. The molecule has 1 saturated heterocycles. The zero-order valence-electron chi connectivity index (χ0n) is 36.8. The Labute approximate surface area is 387 Å². The molecule has 1 fully saturated rings. The summed E-state index contributed by atoms with van der Waals surface area (Å²) in [7, 11) is 3.05. The van der Waals surface area contributed by atoms with Crippen LogP contribution >= 0.6 is 23.2 Å². The number of benzene rings is 4. The molecule has 2 atom stereocenters. The maximum atomic E-state index is 13.5. The second-order valence-electron chi connectivity index (χ2n) is 15.8. The summed E-state index contributed by atoms with van der Waals surface area (Å²) in [6, 6.07) is 23.6. The van der Waals surface area contributed by atoms with Gasteiger partial charge in [0.1, 0.15) is 33.7 Å². The fourth-order valence-corrected chi connectivity index (χ4v) is 8.26. The number of fused-ring (bicyclic) bond motifs is 2. The van der Waals surface area contributed by atoms with Gasteiger partial charge in [-0.25, -0.2) is 9.36 Å². The van der Waals surface area contributed by atoms with Crippen molar-refractivity contribution in [2.45, 2.75) is 52.6 Å². The number of nitrogens with zero attached hydrogens (tertiary/aromatic N) is 7. The molecule has 0 bridgehead atoms. The molecule has 1 aliphatic rings. The van der Waals surface area contributed by atoms with Gasteiger partial charge in [-0.2, -0.15) is 10.2 Å². The summed E-state index contributed by atoms with van der Waals surface area (Å²) in [4.78, 5) is 53.4. The summed E-state index contributed by atoms with van der Waals surface area (Å²) in [6.45, 7) is 8.64. The number of rotatable bonds is 10. The van der Waals surface area contributed by atoms with E-state index in [-0.39, 0.29) is 33.8 Å². The van der Waals surface area contributed by atoms with E-state index in [1.165, 1.54) is 16.5 Å². The molecule has 2 N–H and O–H groups in total. The molecular formula is C48H44Cl2N8O8. The Bertz CT molecular complexity index is 3260. The number of likely N-dealkylation sites (tertiary alicyclic amines) is 1. The minimum atomic E-state index is -0.600. The van der Waals surface area contributed by atoms with E-state index < -0.39 is 18.0 Å². The van der Waals surface area contributed by atoms with E-state index >= 15 is 0 Å². The first-order valence-electron chi connectivity index (χ1n) is 20.9. The van der Waals surface area contributed by atoms with Crippen molar-refractivity contribution in [3.05, 3.63) is 149 Å². The number of ether oxygens (including phenoxy) is 2. The lowest BCUT2D eigenvalue weighted by Crippen LogP contribution is -2.28. The van der Waals surface area contributed by atoms with Crippen LogP contribution < -0.4 is 26.3 Å². The number of carbonyl (C=O) groups excluding carboxylic acids is 2. The molecule has 1 aliphatic heterocycles. The quantitative estimate of drug-likeness (QED) is 0.137. The number of aryl methyl sites for hydroxylation is 2. The highest BCUT2D eigenvalue weighted by molar-refractivity contribution is 6.30. The monoisotopic (exact) mass is 930 g/mol. The van der Waals surface area contributed by atoms with E-state index in [1.807, 2.05) is 43.0 Å². The second-order valence-corrected chi connectivity index (χ2v) is 16.7. The number of nitrogens with two attached hydrogens (primary N) is 1. The number of primary amides is 1. The molecule has 2 amide bonds. The number of hydrogen-bond acceptors (Lipinski definition) is 12. The Morgan fingerprint density at radius 3 is 1.47 bits per heavy atom. The highest BCUT2D eigenvalue weighted by Crippen LogP contribution is 2.37. The molecule has 9 rings (SSSR count). The lowest BCUT2D eigenvalue weighted by molar-refractivity contribution is 0.0792. The first-order chi connectivity index (χ1) is 31.7. The first-order valence-corrected chi connectivity index (χ1v) is 21.7. The number of methoxy groups -OCH3 is 2. The third kappa shape index (κ3) is 8.52. The molecule has 0 spiro atoms. The topological polar surface area (TPSA) is 204 Å². The standard InChI is InChI=1S/C26H25ClN4O4.C22H19ClN4O4/c1-15-22-24(35-29-15)23(28-31(26(22)33)16(2)17-6-9-19(27)10-7-17)20-14-18(8-11-21(20)34-3)25(32)30-12-4-5-13-30;1-11-18-20(31-26-11)19(16-10-14(21(24)28)6-9-17(16)30-3)25-27(22(18)29)12(2)13-4-7-15(23)8-5-13/h6-11,14,16H,4-5,12-13H2,1-3H3;4-10,12H,1-3H3,(H2,24,28). The van der Waals surface area contributed by atoms with Gasteiger partial charge in [0.25, 0.3) is 17.0 Å². The molecule has 8 aromatic rings. The van der Waals surface area contributed by atoms with Crippen molar-refractivity contribution in [3.63, 3.8) is 0 Å². The van der Waals surface area contributed by atoms with Crippen molar-refractivity contribution >= 4 is 57.0 Å². The fraction of sp³-hybridized carbons (Fsp3) is 0.250. The van der Waals surface area contributed by atoms with Gasteiger partial charge in [-0.3, -0.25) is 19.2 Å². The van der Waals surface area contributed by atoms with Crippen molar-refractivity contribution in [3.8, 4) is 34.0 Å². The predicted octanol–water partition coefficient (Wildman–Crippen LogP) is 8.60. The highest BCUT2D eigenvalue weighted by Gasteiger charge is 2.28. The summed E-state index contributed by atoms with van der Waals surface area (Å²) < 4.78 is 24.9. The maximum absolute atomic E-state index is 13.5. The molecule has 5 heterocycles. The lowest BCUT2D eigenvalue weighted by atomic mass is 10.0. The van der Waals surface area contributed by atoms with E-state index in [9.17, 15) is 19.2 Å². The van der Waals surface area contributed by atoms with Crippen LogP contribution in [0.1, 0.15) is 82.0 Å². The molecule has 0 radical (unpaired) electrons. The van der Waals surface area contributed by atoms with Crippen LogP contribution in [-0.2, 0) is 0 Å². The molecule has 0 aliphatic carbocycles. The summed E-state index contributed by atoms with van der Waals surface area (Å²) >= 11 is 12.1. The van der Waals surface area contributed by atoms with E-state index in [1.54, 1.807) is 81.6 Å². The van der Waals surface area contributed by atoms with Crippen LogP contribution in [0.2, 0.25) is 10.0 Å². The minimum absolute atomic E-state index is 0.0424. The Balaban J connectivity index is 0.000000181. The Hall–Kier alpha value is -7.30. The molecule has 338 valence electrons. The molecule has 16 nitrogen and oxygen atoms in total. The van der Waals surface area contributed by atoms with Crippen molar-refractivity contribution in [1.82, 2.24) is 34.8 Å². The number of hydrogen-bond donors (Lipinski definition) is 1. The molecule has 66 heavy (non-hydrogen) atoms. The zero-order chi connectivity index (χ0) is 47.0. The van der Waals surface area contributed by atoms with E-state index in [2.05, 4.69) is 15.4 Å². The van der Waals surface area contributed by atoms with Gasteiger partial charge in [-0.1, -0.05) is 57.8 Å². The smallest absolute Gasteiger partial charge is 0.280 e. The molecule has 0 saturated carbocycles. The maximum Gasteiger partial charge on any atom is 0.280 e. The van der Waals surface area contributed by atoms with Gasteiger partial charge in [0.15, 0.2) is 0 Å². The summed E-state index contributed by atoms with van der Waals surface area (Å²) in [6.07, 6.45) is 2.00. The molecule has 4 aromatic carbocycles. The number of halogens is 2. The summed E-state index contributed by atoms with van der Waals surface area (Å²) in [5.41, 5.74) is 10.4. The zero-order valence-corrected chi connectivity index (χ0v) is 38.3. The fourth-order valence-electron chi connectivity index (χ4n) is 8.01. The highest BCUT2D eigenvalue weighted by atomic mass is 35.5. The largest absolute Gasteiger partial charge is 0.496 e. The van der Waals surface area contributed by atoms with Gasteiger partial charge < -0.3 is 29.2 Å². The van der Waals surface area contributed by atoms with Gasteiger partial charge in [-0.05, 0) is 112 Å². The van der Waals surface area contributed by atoms with Gasteiger partial charge in [0, 0.05) is 45.4 Å². The SMILES string of the molecule is COc1ccc(C(=O)N2CCCC2)cc1-c1nn(C(C)c2ccc(Cl)cc2)c(=O)c2c(C)noc12.COc1ccc(C(N)=O)cc1-c1nn(C(C)c2ccc(Cl)cc2)c(=O)c2c(C)noc12. The van der Waals surface area contributed by atoms with Crippen LogP contribution in [0.15, 0.2) is 104 Å². The third-order valence-electron chi connectivity index (χ3n) is 11.7. The number of carbonyl (C=O) groups is 2. The van der Waals surface area contributed by atoms with Crippen molar-refractivity contribution in [2.24, 2.45) is 5.73 Å².